The molecule has 9 heteroatoms. The molecule has 0 bridgehead atoms. The summed E-state index contributed by atoms with van der Waals surface area (Å²) in [6.45, 7) is 0.0941. The zero-order valence-corrected chi connectivity index (χ0v) is 20.2. The van der Waals surface area contributed by atoms with Crippen LogP contribution >= 0.6 is 35.0 Å². The highest BCUT2D eigenvalue weighted by Crippen LogP contribution is 2.34. The standard InChI is InChI=1S/C25H18Cl2N2O4S/c1-33-19-8-6-17(7-9-19)23(30)28-18-4-2-3-15(11-18)13-22-24(31)29(25(32)34-22)14-16-5-10-20(26)21(27)12-16/h2-13H,14H2,1H3,(H,28,30). The lowest BCUT2D eigenvalue weighted by atomic mass is 10.1. The number of thioether (sulfide) groups is 1. The van der Waals surface area contributed by atoms with Crippen LogP contribution < -0.4 is 10.1 Å². The monoisotopic (exact) mass is 512 g/mol. The Bertz CT molecular complexity index is 1310. The summed E-state index contributed by atoms with van der Waals surface area (Å²) >= 11 is 12.8. The van der Waals surface area contributed by atoms with Crippen molar-refractivity contribution in [1.29, 1.82) is 0 Å². The van der Waals surface area contributed by atoms with Crippen molar-refractivity contribution < 1.29 is 19.1 Å². The molecular formula is C25H18Cl2N2O4S. The molecule has 0 radical (unpaired) electrons. The van der Waals surface area contributed by atoms with Gasteiger partial charge in [-0.25, -0.2) is 0 Å². The Balaban J connectivity index is 1.47. The lowest BCUT2D eigenvalue weighted by molar-refractivity contribution is -0.123. The molecule has 6 nitrogen and oxygen atoms in total. The van der Waals surface area contributed by atoms with Crippen molar-refractivity contribution in [2.24, 2.45) is 0 Å². The Morgan fingerprint density at radius 1 is 1.03 bits per heavy atom. The average molecular weight is 513 g/mol. The smallest absolute Gasteiger partial charge is 0.293 e. The summed E-state index contributed by atoms with van der Waals surface area (Å²) in [5, 5.41) is 3.22. The Hall–Kier alpha value is -3.26. The number of amides is 3. The van der Waals surface area contributed by atoms with Crippen LogP contribution in [-0.2, 0) is 11.3 Å². The van der Waals surface area contributed by atoms with Crippen LogP contribution in [0.2, 0.25) is 10.0 Å². The maximum absolute atomic E-state index is 12.9. The summed E-state index contributed by atoms with van der Waals surface area (Å²) in [5.74, 6) is -0.0119. The number of benzene rings is 3. The zero-order chi connectivity index (χ0) is 24.2. The number of ether oxygens (including phenoxy) is 1. The molecule has 0 spiro atoms. The molecule has 34 heavy (non-hydrogen) atoms. The van der Waals surface area contributed by atoms with Crippen molar-refractivity contribution in [3.8, 4) is 5.75 Å². The maximum Gasteiger partial charge on any atom is 0.293 e. The van der Waals surface area contributed by atoms with Crippen LogP contribution in [0.25, 0.3) is 6.08 Å². The second kappa shape index (κ2) is 10.3. The van der Waals surface area contributed by atoms with Gasteiger partial charge in [0.15, 0.2) is 0 Å². The molecule has 3 aromatic rings. The van der Waals surface area contributed by atoms with Crippen LogP contribution in [0.4, 0.5) is 10.5 Å². The molecule has 0 aromatic heterocycles. The first-order valence-electron chi connectivity index (χ1n) is 10.1. The van der Waals surface area contributed by atoms with Crippen LogP contribution in [0, 0.1) is 0 Å². The third-order valence-corrected chi connectivity index (χ3v) is 6.64. The molecule has 3 aromatic carbocycles. The van der Waals surface area contributed by atoms with Crippen molar-refractivity contribution in [2.45, 2.75) is 6.54 Å². The van der Waals surface area contributed by atoms with Gasteiger partial charge in [0.05, 0.1) is 28.6 Å². The van der Waals surface area contributed by atoms with Crippen molar-refractivity contribution in [1.82, 2.24) is 4.90 Å². The van der Waals surface area contributed by atoms with Gasteiger partial charge in [-0.3, -0.25) is 19.3 Å². The van der Waals surface area contributed by atoms with Gasteiger partial charge in [0.1, 0.15) is 5.75 Å². The van der Waals surface area contributed by atoms with Crippen molar-refractivity contribution in [3.05, 3.63) is 98.4 Å². The van der Waals surface area contributed by atoms with E-state index in [1.807, 2.05) is 0 Å². The van der Waals surface area contributed by atoms with E-state index >= 15 is 0 Å². The second-order valence-electron chi connectivity index (χ2n) is 7.32. The Morgan fingerprint density at radius 3 is 2.50 bits per heavy atom. The fourth-order valence-electron chi connectivity index (χ4n) is 3.26. The van der Waals surface area contributed by atoms with Crippen molar-refractivity contribution in [2.75, 3.05) is 12.4 Å². The van der Waals surface area contributed by atoms with Gasteiger partial charge in [-0.15, -0.1) is 0 Å². The molecule has 1 aliphatic heterocycles. The van der Waals surface area contributed by atoms with E-state index < -0.39 is 5.91 Å². The number of anilines is 1. The minimum absolute atomic E-state index is 0.0941. The normalized spacial score (nSPS) is 14.6. The third kappa shape index (κ3) is 5.44. The zero-order valence-electron chi connectivity index (χ0n) is 17.9. The number of imide groups is 1. The van der Waals surface area contributed by atoms with E-state index in [9.17, 15) is 14.4 Å². The fraction of sp³-hybridized carbons (Fsp3) is 0.0800. The van der Waals surface area contributed by atoms with E-state index in [4.69, 9.17) is 27.9 Å². The molecule has 4 rings (SSSR count). The number of hydrogen-bond donors (Lipinski definition) is 1. The first-order chi connectivity index (χ1) is 16.3. The number of nitrogens with one attached hydrogen (secondary N) is 1. The van der Waals surface area contributed by atoms with E-state index in [0.717, 1.165) is 16.7 Å². The summed E-state index contributed by atoms with van der Waals surface area (Å²) < 4.78 is 5.11. The molecule has 0 unspecified atom stereocenters. The van der Waals surface area contributed by atoms with Gasteiger partial charge in [0.2, 0.25) is 0 Å². The summed E-state index contributed by atoms with van der Waals surface area (Å²) in [6, 6.07) is 18.7. The van der Waals surface area contributed by atoms with E-state index in [1.165, 1.54) is 0 Å². The number of nitrogens with zero attached hydrogens (tertiary/aromatic N) is 1. The average Bonchev–Trinajstić information content (AvgIpc) is 3.09. The number of carbonyl (C=O) groups is 3. The number of rotatable bonds is 6. The van der Waals surface area contributed by atoms with Gasteiger partial charge in [-0.2, -0.15) is 0 Å². The molecule has 172 valence electrons. The quantitative estimate of drug-likeness (QED) is 0.382. The molecule has 0 atom stereocenters. The topological polar surface area (TPSA) is 75.7 Å². The minimum atomic E-state index is -0.395. The largest absolute Gasteiger partial charge is 0.497 e. The van der Waals surface area contributed by atoms with Crippen LogP contribution in [0.15, 0.2) is 71.6 Å². The molecule has 1 heterocycles. The summed E-state index contributed by atoms with van der Waals surface area (Å²) in [5.41, 5.74) is 2.41. The summed E-state index contributed by atoms with van der Waals surface area (Å²) in [4.78, 5) is 39.3. The Labute approximate surface area is 210 Å². The van der Waals surface area contributed by atoms with Crippen LogP contribution in [-0.4, -0.2) is 29.1 Å². The molecular weight excluding hydrogens is 495 g/mol. The van der Waals surface area contributed by atoms with Gasteiger partial charge in [-0.1, -0.05) is 41.4 Å². The highest BCUT2D eigenvalue weighted by molar-refractivity contribution is 8.18. The second-order valence-corrected chi connectivity index (χ2v) is 9.13. The maximum atomic E-state index is 12.9. The van der Waals surface area contributed by atoms with Crippen molar-refractivity contribution in [3.63, 3.8) is 0 Å². The van der Waals surface area contributed by atoms with E-state index in [-0.39, 0.29) is 17.7 Å². The molecule has 0 saturated carbocycles. The molecule has 0 aliphatic carbocycles. The van der Waals surface area contributed by atoms with Gasteiger partial charge in [0, 0.05) is 11.3 Å². The number of halogens is 2. The van der Waals surface area contributed by atoms with Crippen LogP contribution in [0.1, 0.15) is 21.5 Å². The van der Waals surface area contributed by atoms with E-state index in [1.54, 1.807) is 79.9 Å². The third-order valence-electron chi connectivity index (χ3n) is 4.99. The van der Waals surface area contributed by atoms with E-state index in [2.05, 4.69) is 5.32 Å². The predicted octanol–water partition coefficient (Wildman–Crippen LogP) is 6.49. The SMILES string of the molecule is COc1ccc(C(=O)Nc2cccc(C=C3SC(=O)N(Cc4ccc(Cl)c(Cl)c4)C3=O)c2)cc1. The summed E-state index contributed by atoms with van der Waals surface area (Å²) in [6.07, 6.45) is 1.63. The predicted molar refractivity (Wildman–Crippen MR) is 135 cm³/mol. The lowest BCUT2D eigenvalue weighted by Crippen LogP contribution is -2.27. The molecule has 1 saturated heterocycles. The number of hydrogen-bond acceptors (Lipinski definition) is 5. The molecule has 3 amide bonds. The van der Waals surface area contributed by atoms with Crippen LogP contribution in [0.5, 0.6) is 5.75 Å². The first-order valence-corrected chi connectivity index (χ1v) is 11.7. The number of carbonyl (C=O) groups excluding carboxylic acids is 3. The highest BCUT2D eigenvalue weighted by Gasteiger charge is 2.35. The minimum Gasteiger partial charge on any atom is -0.497 e. The molecule has 1 aliphatic rings. The van der Waals surface area contributed by atoms with Gasteiger partial charge < -0.3 is 10.1 Å². The fourth-order valence-corrected chi connectivity index (χ4v) is 4.42. The summed E-state index contributed by atoms with van der Waals surface area (Å²) in [7, 11) is 1.56. The van der Waals surface area contributed by atoms with Gasteiger partial charge >= 0.3 is 0 Å². The van der Waals surface area contributed by atoms with Crippen LogP contribution in [0.3, 0.4) is 0 Å². The van der Waals surface area contributed by atoms with E-state index in [0.29, 0.717) is 43.1 Å². The molecule has 1 fully saturated rings. The Morgan fingerprint density at radius 2 is 1.79 bits per heavy atom. The molecule has 1 N–H and O–H groups in total. The first kappa shape index (κ1) is 23.9. The lowest BCUT2D eigenvalue weighted by Gasteiger charge is -2.13. The Kier molecular flexibility index (Phi) is 7.26. The number of methoxy groups -OCH3 is 1. The van der Waals surface area contributed by atoms with Gasteiger partial charge in [-0.05, 0) is 77.5 Å². The van der Waals surface area contributed by atoms with Gasteiger partial charge in [0.25, 0.3) is 17.1 Å². The van der Waals surface area contributed by atoms with Crippen molar-refractivity contribution >= 4 is 63.8 Å². The highest BCUT2D eigenvalue weighted by atomic mass is 35.5.